The lowest BCUT2D eigenvalue weighted by atomic mass is 10.1. The van der Waals surface area contributed by atoms with Crippen LogP contribution < -0.4 is 14.9 Å². The maximum absolute atomic E-state index is 12.1. The first-order valence-electron chi connectivity index (χ1n) is 7.22. The van der Waals surface area contributed by atoms with Gasteiger partial charge >= 0.3 is 4.87 Å². The van der Waals surface area contributed by atoms with Crippen molar-refractivity contribution in [2.75, 3.05) is 0 Å². The molecule has 2 aromatic carbocycles. The summed E-state index contributed by atoms with van der Waals surface area (Å²) in [7, 11) is 0. The van der Waals surface area contributed by atoms with Crippen LogP contribution in [0.5, 0.6) is 5.75 Å². The van der Waals surface area contributed by atoms with E-state index >= 15 is 0 Å². The van der Waals surface area contributed by atoms with Gasteiger partial charge in [-0.3, -0.25) is 9.59 Å². The van der Waals surface area contributed by atoms with E-state index in [1.807, 2.05) is 42.5 Å². The Hall–Kier alpha value is -2.60. The molecule has 0 aliphatic carbocycles. The van der Waals surface area contributed by atoms with Gasteiger partial charge in [0.15, 0.2) is 6.10 Å². The molecular weight excluding hydrogens is 312 g/mol. The molecule has 0 radical (unpaired) electrons. The second kappa shape index (κ2) is 6.66. The minimum Gasteiger partial charge on any atom is -0.480 e. The highest BCUT2D eigenvalue weighted by Crippen LogP contribution is 2.25. The molecule has 23 heavy (non-hydrogen) atoms. The predicted octanol–water partition coefficient (Wildman–Crippen LogP) is 2.67. The number of rotatable bonds is 5. The van der Waals surface area contributed by atoms with Gasteiger partial charge < -0.3 is 15.0 Å². The number of carbonyl (C=O) groups excluding carboxylic acids is 1. The van der Waals surface area contributed by atoms with Gasteiger partial charge in [0.2, 0.25) is 0 Å². The monoisotopic (exact) mass is 328 g/mol. The van der Waals surface area contributed by atoms with E-state index in [1.165, 1.54) is 0 Å². The Balaban J connectivity index is 1.66. The number of carbonyl (C=O) groups is 1. The van der Waals surface area contributed by atoms with Crippen molar-refractivity contribution < 1.29 is 9.53 Å². The molecule has 3 rings (SSSR count). The van der Waals surface area contributed by atoms with Crippen LogP contribution in [0.4, 0.5) is 0 Å². The van der Waals surface area contributed by atoms with Crippen LogP contribution in [0.15, 0.2) is 52.6 Å². The first kappa shape index (κ1) is 15.3. The van der Waals surface area contributed by atoms with Gasteiger partial charge in [-0.25, -0.2) is 0 Å². The molecule has 3 aromatic rings. The van der Waals surface area contributed by atoms with Crippen molar-refractivity contribution in [1.29, 1.82) is 0 Å². The van der Waals surface area contributed by atoms with Gasteiger partial charge in [-0.1, -0.05) is 47.7 Å². The molecule has 5 nitrogen and oxygen atoms in total. The van der Waals surface area contributed by atoms with Gasteiger partial charge in [0.05, 0.1) is 6.54 Å². The zero-order chi connectivity index (χ0) is 16.2. The number of benzene rings is 2. The van der Waals surface area contributed by atoms with E-state index in [0.717, 1.165) is 22.1 Å². The van der Waals surface area contributed by atoms with Crippen LogP contribution in [0.3, 0.4) is 0 Å². The van der Waals surface area contributed by atoms with E-state index in [1.54, 1.807) is 12.3 Å². The molecule has 6 heteroatoms. The summed E-state index contributed by atoms with van der Waals surface area (Å²) in [5.41, 5.74) is 0.686. The molecule has 1 atom stereocenters. The van der Waals surface area contributed by atoms with Crippen LogP contribution in [0.25, 0.3) is 10.8 Å². The highest BCUT2D eigenvalue weighted by Gasteiger charge is 2.15. The summed E-state index contributed by atoms with van der Waals surface area (Å²) in [5, 5.41) is 6.48. The lowest BCUT2D eigenvalue weighted by molar-refractivity contribution is -0.127. The number of aromatic nitrogens is 1. The number of ether oxygens (including phenoxy) is 1. The van der Waals surface area contributed by atoms with E-state index in [-0.39, 0.29) is 17.3 Å². The number of hydrogen-bond acceptors (Lipinski definition) is 4. The molecule has 0 fully saturated rings. The largest absolute Gasteiger partial charge is 0.480 e. The third kappa shape index (κ3) is 3.60. The van der Waals surface area contributed by atoms with Crippen molar-refractivity contribution in [3.05, 3.63) is 63.2 Å². The van der Waals surface area contributed by atoms with Crippen LogP contribution in [-0.4, -0.2) is 17.0 Å². The van der Waals surface area contributed by atoms with E-state index in [4.69, 9.17) is 4.74 Å². The number of thiazole rings is 1. The third-order valence-corrected chi connectivity index (χ3v) is 4.17. The van der Waals surface area contributed by atoms with Crippen LogP contribution >= 0.6 is 11.3 Å². The third-order valence-electron chi connectivity index (χ3n) is 3.45. The molecule has 0 saturated heterocycles. The van der Waals surface area contributed by atoms with Crippen LogP contribution in [0.2, 0.25) is 0 Å². The summed E-state index contributed by atoms with van der Waals surface area (Å²) < 4.78 is 5.80. The first-order chi connectivity index (χ1) is 11.1. The Morgan fingerprint density at radius 2 is 2.04 bits per heavy atom. The number of hydrogen-bond donors (Lipinski definition) is 2. The van der Waals surface area contributed by atoms with Gasteiger partial charge in [0.25, 0.3) is 5.91 Å². The molecule has 0 saturated carbocycles. The Morgan fingerprint density at radius 1 is 1.26 bits per heavy atom. The number of nitrogens with one attached hydrogen (secondary N) is 2. The maximum Gasteiger partial charge on any atom is 0.304 e. The smallest absolute Gasteiger partial charge is 0.304 e. The fourth-order valence-corrected chi connectivity index (χ4v) is 2.85. The molecule has 2 N–H and O–H groups in total. The minimum absolute atomic E-state index is 0.130. The molecule has 0 unspecified atom stereocenters. The topological polar surface area (TPSA) is 71.2 Å². The van der Waals surface area contributed by atoms with Gasteiger partial charge in [-0.05, 0) is 18.4 Å². The Bertz CT molecular complexity index is 879. The summed E-state index contributed by atoms with van der Waals surface area (Å²) in [6, 6.07) is 13.6. The molecule has 0 aliphatic rings. The van der Waals surface area contributed by atoms with E-state index in [0.29, 0.717) is 11.4 Å². The summed E-state index contributed by atoms with van der Waals surface area (Å²) >= 11 is 1.07. The molecule has 118 valence electrons. The van der Waals surface area contributed by atoms with E-state index in [2.05, 4.69) is 10.3 Å². The molecule has 1 amide bonds. The second-order valence-electron chi connectivity index (χ2n) is 5.13. The normalized spacial score (nSPS) is 12.0. The van der Waals surface area contributed by atoms with Crippen LogP contribution in [0, 0.1) is 0 Å². The van der Waals surface area contributed by atoms with E-state index < -0.39 is 6.10 Å². The SMILES string of the molecule is C[C@@H](Oc1cccc2ccccc12)C(=O)NCc1csc(=O)[nH]1. The fraction of sp³-hybridized carbons (Fsp3) is 0.176. The van der Waals surface area contributed by atoms with Crippen molar-refractivity contribution in [3.8, 4) is 5.75 Å². The predicted molar refractivity (Wildman–Crippen MR) is 90.8 cm³/mol. The van der Waals surface area contributed by atoms with Crippen molar-refractivity contribution in [2.24, 2.45) is 0 Å². The quantitative estimate of drug-likeness (QED) is 0.756. The zero-order valence-electron chi connectivity index (χ0n) is 12.5. The first-order valence-corrected chi connectivity index (χ1v) is 8.10. The van der Waals surface area contributed by atoms with Crippen molar-refractivity contribution in [3.63, 3.8) is 0 Å². The molecule has 0 bridgehead atoms. The minimum atomic E-state index is -0.633. The Kier molecular flexibility index (Phi) is 4.43. The average molecular weight is 328 g/mol. The maximum atomic E-state index is 12.1. The lowest BCUT2D eigenvalue weighted by Gasteiger charge is -2.16. The summed E-state index contributed by atoms with van der Waals surface area (Å²) in [6.45, 7) is 1.98. The summed E-state index contributed by atoms with van der Waals surface area (Å²) in [6.07, 6.45) is -0.633. The number of amides is 1. The average Bonchev–Trinajstić information content (AvgIpc) is 2.98. The molecule has 0 aliphatic heterocycles. The highest BCUT2D eigenvalue weighted by atomic mass is 32.1. The van der Waals surface area contributed by atoms with E-state index in [9.17, 15) is 9.59 Å². The molecule has 0 spiro atoms. The molecule has 1 heterocycles. The van der Waals surface area contributed by atoms with Gasteiger partial charge in [-0.2, -0.15) is 0 Å². The summed E-state index contributed by atoms with van der Waals surface area (Å²) in [4.78, 5) is 25.7. The van der Waals surface area contributed by atoms with Gasteiger partial charge in [-0.15, -0.1) is 0 Å². The van der Waals surface area contributed by atoms with Crippen molar-refractivity contribution in [2.45, 2.75) is 19.6 Å². The lowest BCUT2D eigenvalue weighted by Crippen LogP contribution is -2.36. The Labute approximate surface area is 136 Å². The van der Waals surface area contributed by atoms with Gasteiger partial charge in [0, 0.05) is 16.5 Å². The number of aromatic amines is 1. The Morgan fingerprint density at radius 3 is 2.83 bits per heavy atom. The standard InChI is InChI=1S/C17H16N2O3S/c1-11(16(20)18-9-13-10-23-17(21)19-13)22-15-8-4-6-12-5-2-3-7-14(12)15/h2-8,10-11H,9H2,1H3,(H,18,20)(H,19,21)/t11-/m1/s1. The molecule has 1 aromatic heterocycles. The van der Waals surface area contributed by atoms with Crippen molar-refractivity contribution in [1.82, 2.24) is 10.3 Å². The van der Waals surface area contributed by atoms with Crippen LogP contribution in [-0.2, 0) is 11.3 Å². The fourth-order valence-electron chi connectivity index (χ4n) is 2.27. The second-order valence-corrected chi connectivity index (χ2v) is 5.97. The molecular formula is C17H16N2O3S. The van der Waals surface area contributed by atoms with Crippen molar-refractivity contribution >= 4 is 28.0 Å². The number of H-pyrrole nitrogens is 1. The zero-order valence-corrected chi connectivity index (χ0v) is 13.4. The number of fused-ring (bicyclic) bond motifs is 1. The van der Waals surface area contributed by atoms with Gasteiger partial charge in [0.1, 0.15) is 5.75 Å². The highest BCUT2D eigenvalue weighted by molar-refractivity contribution is 7.07. The van der Waals surface area contributed by atoms with Crippen LogP contribution in [0.1, 0.15) is 12.6 Å². The summed E-state index contributed by atoms with van der Waals surface area (Å²) in [5.74, 6) is 0.444.